The Hall–Kier alpha value is -1.17. The number of thioether (sulfide) groups is 1. The predicted octanol–water partition coefficient (Wildman–Crippen LogP) is -0.195. The van der Waals surface area contributed by atoms with Gasteiger partial charge < -0.3 is 16.1 Å². The third kappa shape index (κ3) is 2.83. The fraction of sp³-hybridized carbons (Fsp3) is 0.333. The van der Waals surface area contributed by atoms with Crippen molar-refractivity contribution in [3.8, 4) is 0 Å². The van der Waals surface area contributed by atoms with Crippen LogP contribution in [0.15, 0.2) is 23.8 Å². The molecule has 1 aromatic heterocycles. The number of hydrazone groups is 1. The lowest BCUT2D eigenvalue weighted by atomic mass is 10.7. The highest BCUT2D eigenvalue weighted by Crippen LogP contribution is 2.00. The molecule has 1 aromatic rings. The van der Waals surface area contributed by atoms with Crippen molar-refractivity contribution < 1.29 is 0 Å². The van der Waals surface area contributed by atoms with E-state index < -0.39 is 0 Å². The van der Waals surface area contributed by atoms with Crippen LogP contribution in [0.25, 0.3) is 0 Å². The third-order valence-corrected chi connectivity index (χ3v) is 2.07. The average Bonchev–Trinajstić information content (AvgIpc) is 2.57. The van der Waals surface area contributed by atoms with E-state index in [1.807, 2.05) is 10.8 Å². The first-order valence-electron chi connectivity index (χ1n) is 3.45. The first kappa shape index (κ1) is 8.92. The van der Waals surface area contributed by atoms with Crippen molar-refractivity contribution in [2.45, 2.75) is 6.54 Å². The highest BCUT2D eigenvalue weighted by Gasteiger charge is 1.93. The Morgan fingerprint density at radius 1 is 1.67 bits per heavy atom. The molecule has 5 nitrogen and oxygen atoms in total. The van der Waals surface area contributed by atoms with Crippen LogP contribution < -0.4 is 11.6 Å². The van der Waals surface area contributed by atoms with Crippen LogP contribution in [0.2, 0.25) is 0 Å². The zero-order valence-corrected chi connectivity index (χ0v) is 7.37. The maximum absolute atomic E-state index is 5.38. The molecule has 0 radical (unpaired) electrons. The van der Waals surface area contributed by atoms with Crippen molar-refractivity contribution in [1.82, 2.24) is 9.55 Å². The van der Waals surface area contributed by atoms with Gasteiger partial charge in [-0.15, -0.1) is 0 Å². The quantitative estimate of drug-likeness (QED) is 0.296. The molecule has 0 saturated heterocycles. The van der Waals surface area contributed by atoms with Crippen LogP contribution in [0.5, 0.6) is 0 Å². The van der Waals surface area contributed by atoms with Gasteiger partial charge in [0.05, 0.1) is 6.33 Å². The molecule has 0 spiro atoms. The molecule has 0 aliphatic carbocycles. The first-order valence-corrected chi connectivity index (χ1v) is 4.43. The van der Waals surface area contributed by atoms with Crippen LogP contribution in [0.4, 0.5) is 0 Å². The minimum absolute atomic E-state index is 0.412. The number of amidine groups is 1. The highest BCUT2D eigenvalue weighted by atomic mass is 32.2. The molecule has 1 rings (SSSR count). The van der Waals surface area contributed by atoms with Crippen LogP contribution >= 0.6 is 11.8 Å². The van der Waals surface area contributed by atoms with E-state index in [2.05, 4.69) is 10.1 Å². The molecular weight excluding hydrogens is 174 g/mol. The second kappa shape index (κ2) is 4.66. The van der Waals surface area contributed by atoms with Gasteiger partial charge in [0.15, 0.2) is 5.17 Å². The molecule has 0 aromatic carbocycles. The summed E-state index contributed by atoms with van der Waals surface area (Å²) in [5, 5.41) is 3.75. The van der Waals surface area contributed by atoms with Crippen molar-refractivity contribution in [3.63, 3.8) is 0 Å². The minimum Gasteiger partial charge on any atom is -0.377 e. The SMILES string of the molecule is NN=C(N)SCCn1ccnc1. The third-order valence-electron chi connectivity index (χ3n) is 1.29. The van der Waals surface area contributed by atoms with Crippen LogP contribution in [0, 0.1) is 0 Å². The normalized spacial score (nSPS) is 11.8. The highest BCUT2D eigenvalue weighted by molar-refractivity contribution is 8.13. The molecule has 0 fully saturated rings. The Bertz CT molecular complexity index is 242. The average molecular weight is 185 g/mol. The van der Waals surface area contributed by atoms with Gasteiger partial charge in [0, 0.05) is 24.7 Å². The van der Waals surface area contributed by atoms with Gasteiger partial charge in [-0.1, -0.05) is 11.8 Å². The number of hydrogen-bond donors (Lipinski definition) is 2. The lowest BCUT2D eigenvalue weighted by Gasteiger charge is -2.00. The lowest BCUT2D eigenvalue weighted by molar-refractivity contribution is 0.771. The van der Waals surface area contributed by atoms with E-state index in [4.69, 9.17) is 11.6 Å². The zero-order chi connectivity index (χ0) is 8.81. The molecular formula is C6H11N5S. The summed E-state index contributed by atoms with van der Waals surface area (Å²) in [6, 6.07) is 0. The van der Waals surface area contributed by atoms with Crippen molar-refractivity contribution >= 4 is 16.9 Å². The topological polar surface area (TPSA) is 82.2 Å². The van der Waals surface area contributed by atoms with Gasteiger partial charge >= 0.3 is 0 Å². The van der Waals surface area contributed by atoms with Crippen LogP contribution in [-0.4, -0.2) is 20.5 Å². The molecule has 0 amide bonds. The van der Waals surface area contributed by atoms with Gasteiger partial charge in [-0.3, -0.25) is 0 Å². The predicted molar refractivity (Wildman–Crippen MR) is 50.5 cm³/mol. The van der Waals surface area contributed by atoms with E-state index in [0.717, 1.165) is 12.3 Å². The summed E-state index contributed by atoms with van der Waals surface area (Å²) in [4.78, 5) is 3.91. The molecule has 0 aliphatic heterocycles. The molecule has 0 bridgehead atoms. The van der Waals surface area contributed by atoms with Crippen molar-refractivity contribution in [2.75, 3.05) is 5.75 Å². The largest absolute Gasteiger partial charge is 0.377 e. The second-order valence-electron chi connectivity index (χ2n) is 2.12. The first-order chi connectivity index (χ1) is 5.83. The zero-order valence-electron chi connectivity index (χ0n) is 6.55. The van der Waals surface area contributed by atoms with E-state index in [1.165, 1.54) is 11.8 Å². The van der Waals surface area contributed by atoms with Crippen molar-refractivity contribution in [1.29, 1.82) is 0 Å². The van der Waals surface area contributed by atoms with Gasteiger partial charge in [0.2, 0.25) is 0 Å². The summed E-state index contributed by atoms with van der Waals surface area (Å²) < 4.78 is 1.97. The molecule has 1 heterocycles. The number of aryl methyl sites for hydroxylation is 1. The molecule has 6 heteroatoms. The summed E-state index contributed by atoms with van der Waals surface area (Å²) in [6.07, 6.45) is 5.40. The van der Waals surface area contributed by atoms with Crippen LogP contribution in [-0.2, 0) is 6.54 Å². The summed E-state index contributed by atoms with van der Waals surface area (Å²) in [7, 11) is 0. The van der Waals surface area contributed by atoms with Crippen molar-refractivity contribution in [2.24, 2.45) is 16.7 Å². The number of imidazole rings is 1. The van der Waals surface area contributed by atoms with Crippen LogP contribution in [0.1, 0.15) is 0 Å². The number of nitrogens with zero attached hydrogens (tertiary/aromatic N) is 3. The van der Waals surface area contributed by atoms with E-state index in [9.17, 15) is 0 Å². The van der Waals surface area contributed by atoms with E-state index in [1.54, 1.807) is 12.5 Å². The lowest BCUT2D eigenvalue weighted by Crippen LogP contribution is -2.11. The molecule has 0 aliphatic rings. The van der Waals surface area contributed by atoms with Crippen LogP contribution in [0.3, 0.4) is 0 Å². The smallest absolute Gasteiger partial charge is 0.177 e. The Balaban J connectivity index is 2.19. The summed E-state index contributed by atoms with van der Waals surface area (Å²) in [5.41, 5.74) is 5.38. The number of nitrogens with two attached hydrogens (primary N) is 2. The fourth-order valence-electron chi connectivity index (χ4n) is 0.712. The Morgan fingerprint density at radius 3 is 3.08 bits per heavy atom. The Labute approximate surface area is 74.8 Å². The number of hydrogen-bond acceptors (Lipinski definition) is 4. The molecule has 66 valence electrons. The Morgan fingerprint density at radius 2 is 2.50 bits per heavy atom. The summed E-state index contributed by atoms with van der Waals surface area (Å²) >= 11 is 1.43. The van der Waals surface area contributed by atoms with Gasteiger partial charge in [-0.25, -0.2) is 4.98 Å². The van der Waals surface area contributed by atoms with E-state index in [0.29, 0.717) is 5.17 Å². The van der Waals surface area contributed by atoms with Crippen molar-refractivity contribution in [3.05, 3.63) is 18.7 Å². The minimum atomic E-state index is 0.412. The standard InChI is InChI=1S/C6H11N5S/c7-6(10-8)12-4-3-11-2-1-9-5-11/h1-2,5H,3-4,8H2,(H2,7,10). The molecule has 12 heavy (non-hydrogen) atoms. The monoisotopic (exact) mass is 185 g/mol. The number of aromatic nitrogens is 2. The maximum Gasteiger partial charge on any atom is 0.177 e. The molecule has 4 N–H and O–H groups in total. The molecule has 0 unspecified atom stereocenters. The van der Waals surface area contributed by atoms with Gasteiger partial charge in [0.1, 0.15) is 0 Å². The van der Waals surface area contributed by atoms with Gasteiger partial charge in [-0.2, -0.15) is 5.10 Å². The molecule has 0 atom stereocenters. The van der Waals surface area contributed by atoms with Gasteiger partial charge in [-0.05, 0) is 0 Å². The maximum atomic E-state index is 5.38. The summed E-state index contributed by atoms with van der Waals surface area (Å²) in [5.74, 6) is 5.80. The van der Waals surface area contributed by atoms with E-state index in [-0.39, 0.29) is 0 Å². The Kier molecular flexibility index (Phi) is 3.46. The number of rotatable bonds is 3. The molecule has 0 saturated carbocycles. The summed E-state index contributed by atoms with van der Waals surface area (Å²) in [6.45, 7) is 0.862. The van der Waals surface area contributed by atoms with E-state index >= 15 is 0 Å². The fourth-order valence-corrected chi connectivity index (χ4v) is 1.30. The van der Waals surface area contributed by atoms with Gasteiger partial charge in [0.25, 0.3) is 0 Å². The second-order valence-corrected chi connectivity index (χ2v) is 3.23.